The second kappa shape index (κ2) is 8.65. The number of hydrogen-bond donors (Lipinski definition) is 2. The summed E-state index contributed by atoms with van der Waals surface area (Å²) in [6.45, 7) is 2.04. The van der Waals surface area contributed by atoms with E-state index in [4.69, 9.17) is 4.74 Å². The third kappa shape index (κ3) is 4.29. The van der Waals surface area contributed by atoms with E-state index in [1.54, 1.807) is 7.11 Å². The van der Waals surface area contributed by atoms with Gasteiger partial charge in [-0.15, -0.1) is 0 Å². The minimum atomic E-state index is -0.436. The summed E-state index contributed by atoms with van der Waals surface area (Å²) in [4.78, 5) is 32.8. The van der Waals surface area contributed by atoms with Crippen LogP contribution in [0.4, 0.5) is 5.82 Å². The number of ether oxygens (including phenoxy) is 1. The molecular weight excluding hydrogens is 466 g/mol. The van der Waals surface area contributed by atoms with Gasteiger partial charge in [-0.25, -0.2) is 4.98 Å². The van der Waals surface area contributed by atoms with Crippen molar-refractivity contribution in [1.29, 1.82) is 0 Å². The van der Waals surface area contributed by atoms with Gasteiger partial charge in [0.15, 0.2) is 5.16 Å². The number of halogens is 1. The molecule has 0 radical (unpaired) electrons. The Morgan fingerprint density at radius 3 is 2.70 bits per heavy atom. The first-order valence-corrected chi connectivity index (χ1v) is 11.2. The summed E-state index contributed by atoms with van der Waals surface area (Å²) in [5, 5.41) is 3.24. The van der Waals surface area contributed by atoms with E-state index >= 15 is 0 Å². The summed E-state index contributed by atoms with van der Waals surface area (Å²) in [5.41, 5.74) is 3.30. The molecule has 2 heterocycles. The number of nitrogens with zero attached hydrogens (tertiary/aromatic N) is 1. The standard InChI is InChI=1S/C22H20BrN3O3S/c1-12-3-5-13(6-4-12)11-30-22-25-20-19(21(28)26-22)16(10-18(27)24-20)15-9-14(23)7-8-17(15)29-2/h3-9,16H,10-11H2,1-2H3,(H2,24,25,26,27,28)/t16-/m0/s1. The summed E-state index contributed by atoms with van der Waals surface area (Å²) in [5.74, 6) is 0.990. The third-order valence-electron chi connectivity index (χ3n) is 4.99. The molecule has 2 N–H and O–H groups in total. The van der Waals surface area contributed by atoms with Gasteiger partial charge in [0.2, 0.25) is 5.91 Å². The highest BCUT2D eigenvalue weighted by Gasteiger charge is 2.32. The number of aromatic nitrogens is 2. The maximum Gasteiger partial charge on any atom is 0.257 e. The highest BCUT2D eigenvalue weighted by atomic mass is 79.9. The van der Waals surface area contributed by atoms with Gasteiger partial charge in [-0.2, -0.15) is 0 Å². The number of aryl methyl sites for hydroxylation is 1. The summed E-state index contributed by atoms with van der Waals surface area (Å²) >= 11 is 4.89. The van der Waals surface area contributed by atoms with E-state index in [0.29, 0.717) is 28.0 Å². The monoisotopic (exact) mass is 485 g/mol. The molecule has 0 bridgehead atoms. The zero-order chi connectivity index (χ0) is 21.3. The van der Waals surface area contributed by atoms with Crippen LogP contribution in [0.1, 0.15) is 34.6 Å². The number of rotatable bonds is 5. The van der Waals surface area contributed by atoms with Crippen molar-refractivity contribution in [3.63, 3.8) is 0 Å². The van der Waals surface area contributed by atoms with Gasteiger partial charge in [0, 0.05) is 28.1 Å². The number of benzene rings is 2. The molecule has 0 fully saturated rings. The van der Waals surface area contributed by atoms with Crippen LogP contribution >= 0.6 is 27.7 Å². The number of amides is 1. The summed E-state index contributed by atoms with van der Waals surface area (Å²) < 4.78 is 6.32. The van der Waals surface area contributed by atoms with Crippen LogP contribution in [0.15, 0.2) is 56.9 Å². The molecule has 0 aliphatic carbocycles. The Bertz CT molecular complexity index is 1160. The SMILES string of the molecule is COc1ccc(Br)cc1[C@@H]1CC(=O)Nc2nc(SCc3ccc(C)cc3)[nH]c(=O)c21. The Hall–Kier alpha value is -2.58. The Morgan fingerprint density at radius 1 is 1.20 bits per heavy atom. The Kier molecular flexibility index (Phi) is 5.97. The van der Waals surface area contributed by atoms with Crippen molar-refractivity contribution in [2.75, 3.05) is 12.4 Å². The first-order valence-electron chi connectivity index (χ1n) is 9.40. The molecule has 0 unspecified atom stereocenters. The predicted octanol–water partition coefficient (Wildman–Crippen LogP) is 4.62. The molecule has 1 aromatic heterocycles. The first kappa shape index (κ1) is 20.7. The number of hydrogen-bond acceptors (Lipinski definition) is 5. The zero-order valence-corrected chi connectivity index (χ0v) is 18.9. The van der Waals surface area contributed by atoms with Gasteiger partial charge < -0.3 is 15.0 Å². The summed E-state index contributed by atoms with van der Waals surface area (Å²) in [6, 6.07) is 13.8. The molecule has 4 rings (SSSR count). The normalized spacial score (nSPS) is 15.4. The number of methoxy groups -OCH3 is 1. The topological polar surface area (TPSA) is 84.1 Å². The predicted molar refractivity (Wildman–Crippen MR) is 121 cm³/mol. The van der Waals surface area contributed by atoms with Crippen LogP contribution in [-0.4, -0.2) is 23.0 Å². The average Bonchev–Trinajstić information content (AvgIpc) is 2.72. The van der Waals surface area contributed by atoms with Gasteiger partial charge in [0.25, 0.3) is 5.56 Å². The van der Waals surface area contributed by atoms with Gasteiger partial charge in [-0.05, 0) is 30.7 Å². The Labute approximate surface area is 186 Å². The van der Waals surface area contributed by atoms with Crippen LogP contribution in [0, 0.1) is 6.92 Å². The van der Waals surface area contributed by atoms with Crippen LogP contribution in [-0.2, 0) is 10.5 Å². The molecule has 2 aromatic carbocycles. The Morgan fingerprint density at radius 2 is 1.97 bits per heavy atom. The van der Waals surface area contributed by atoms with Crippen LogP contribution in [0.3, 0.4) is 0 Å². The molecule has 6 nitrogen and oxygen atoms in total. The lowest BCUT2D eigenvalue weighted by Crippen LogP contribution is -2.31. The molecule has 8 heteroatoms. The second-order valence-corrected chi connectivity index (χ2v) is 8.98. The lowest BCUT2D eigenvalue weighted by atomic mass is 9.86. The van der Waals surface area contributed by atoms with E-state index in [1.165, 1.54) is 17.3 Å². The maximum absolute atomic E-state index is 13.0. The maximum atomic E-state index is 13.0. The highest BCUT2D eigenvalue weighted by molar-refractivity contribution is 9.10. The van der Waals surface area contributed by atoms with Crippen molar-refractivity contribution in [1.82, 2.24) is 9.97 Å². The number of anilines is 1. The second-order valence-electron chi connectivity index (χ2n) is 7.10. The molecule has 1 aliphatic heterocycles. The van der Waals surface area contributed by atoms with Crippen molar-refractivity contribution in [2.24, 2.45) is 0 Å². The number of nitrogens with one attached hydrogen (secondary N) is 2. The fourth-order valence-corrected chi connectivity index (χ4v) is 4.69. The van der Waals surface area contributed by atoms with Crippen molar-refractivity contribution in [3.8, 4) is 5.75 Å². The van der Waals surface area contributed by atoms with Crippen molar-refractivity contribution < 1.29 is 9.53 Å². The summed E-state index contributed by atoms with van der Waals surface area (Å²) in [7, 11) is 1.57. The number of aromatic amines is 1. The van der Waals surface area contributed by atoms with E-state index in [-0.39, 0.29) is 17.9 Å². The van der Waals surface area contributed by atoms with E-state index < -0.39 is 5.92 Å². The number of fused-ring (bicyclic) bond motifs is 1. The number of carbonyl (C=O) groups is 1. The largest absolute Gasteiger partial charge is 0.496 e. The van der Waals surface area contributed by atoms with Gasteiger partial charge >= 0.3 is 0 Å². The quantitative estimate of drug-likeness (QED) is 0.406. The van der Waals surface area contributed by atoms with Crippen molar-refractivity contribution in [3.05, 3.63) is 79.5 Å². The molecule has 0 spiro atoms. The molecule has 1 amide bonds. The third-order valence-corrected chi connectivity index (χ3v) is 6.43. The average molecular weight is 486 g/mol. The minimum Gasteiger partial charge on any atom is -0.496 e. The van der Waals surface area contributed by atoms with Gasteiger partial charge in [-0.1, -0.05) is 57.5 Å². The zero-order valence-electron chi connectivity index (χ0n) is 16.5. The lowest BCUT2D eigenvalue weighted by Gasteiger charge is -2.25. The number of H-pyrrole nitrogens is 1. The molecule has 0 saturated heterocycles. The highest BCUT2D eigenvalue weighted by Crippen LogP contribution is 2.39. The van der Waals surface area contributed by atoms with Gasteiger partial charge in [-0.3, -0.25) is 9.59 Å². The van der Waals surface area contributed by atoms with Crippen LogP contribution < -0.4 is 15.6 Å². The lowest BCUT2D eigenvalue weighted by molar-refractivity contribution is -0.116. The number of carbonyl (C=O) groups excluding carboxylic acids is 1. The molecule has 1 aliphatic rings. The van der Waals surface area contributed by atoms with Gasteiger partial charge in [0.1, 0.15) is 11.6 Å². The van der Waals surface area contributed by atoms with E-state index in [2.05, 4.69) is 55.5 Å². The van der Waals surface area contributed by atoms with E-state index in [1.807, 2.05) is 25.1 Å². The molecule has 154 valence electrons. The molecule has 0 saturated carbocycles. The van der Waals surface area contributed by atoms with Crippen molar-refractivity contribution in [2.45, 2.75) is 30.2 Å². The minimum absolute atomic E-state index is 0.153. The number of thioether (sulfide) groups is 1. The Balaban J connectivity index is 1.69. The van der Waals surface area contributed by atoms with Gasteiger partial charge in [0.05, 0.1) is 12.7 Å². The molecule has 3 aromatic rings. The molecular formula is C22H20BrN3O3S. The fraction of sp³-hybridized carbons (Fsp3) is 0.227. The van der Waals surface area contributed by atoms with Crippen molar-refractivity contribution >= 4 is 39.4 Å². The molecule has 1 atom stereocenters. The van der Waals surface area contributed by atoms with Crippen LogP contribution in [0.25, 0.3) is 0 Å². The van der Waals surface area contributed by atoms with E-state index in [0.717, 1.165) is 15.6 Å². The van der Waals surface area contributed by atoms with Crippen LogP contribution in [0.5, 0.6) is 5.75 Å². The molecule has 30 heavy (non-hydrogen) atoms. The van der Waals surface area contributed by atoms with E-state index in [9.17, 15) is 9.59 Å². The smallest absolute Gasteiger partial charge is 0.257 e. The fourth-order valence-electron chi connectivity index (χ4n) is 3.50. The van der Waals surface area contributed by atoms with Crippen LogP contribution in [0.2, 0.25) is 0 Å². The first-order chi connectivity index (χ1) is 14.4. The summed E-state index contributed by atoms with van der Waals surface area (Å²) in [6.07, 6.45) is 0.153.